The van der Waals surface area contributed by atoms with E-state index in [1.165, 1.54) is 0 Å². The number of carboxylic acid groups (broad SMARTS) is 1. The molecule has 1 atom stereocenters. The van der Waals surface area contributed by atoms with Crippen molar-refractivity contribution >= 4 is 11.7 Å². The summed E-state index contributed by atoms with van der Waals surface area (Å²) < 4.78 is 0. The highest BCUT2D eigenvalue weighted by atomic mass is 16.4. The van der Waals surface area contributed by atoms with Crippen LogP contribution in [0.1, 0.15) is 17.2 Å². The second-order valence-corrected chi connectivity index (χ2v) is 3.32. The van der Waals surface area contributed by atoms with Gasteiger partial charge >= 0.3 is 5.97 Å². The van der Waals surface area contributed by atoms with Crippen LogP contribution in [0.4, 0.5) is 5.69 Å². The van der Waals surface area contributed by atoms with Gasteiger partial charge in [-0.3, -0.25) is 10.1 Å². The highest BCUT2D eigenvalue weighted by molar-refractivity contribution is 5.77. The fourth-order valence-electron chi connectivity index (χ4n) is 1.74. The largest absolute Gasteiger partial charge is 0.480 e. The van der Waals surface area contributed by atoms with E-state index in [9.17, 15) is 4.79 Å². The Bertz CT molecular complexity index is 379. The molecule has 0 aliphatic carbocycles. The van der Waals surface area contributed by atoms with E-state index in [1.807, 2.05) is 25.2 Å². The Labute approximate surface area is 94.1 Å². The van der Waals surface area contributed by atoms with Gasteiger partial charge in [-0.1, -0.05) is 6.07 Å². The minimum Gasteiger partial charge on any atom is -0.480 e. The van der Waals surface area contributed by atoms with E-state index in [-0.39, 0.29) is 0 Å². The van der Waals surface area contributed by atoms with Crippen molar-refractivity contribution in [1.29, 1.82) is 0 Å². The Morgan fingerprint density at radius 1 is 1.50 bits per heavy atom. The lowest BCUT2D eigenvalue weighted by molar-refractivity contribution is -0.139. The zero-order valence-corrected chi connectivity index (χ0v) is 9.32. The maximum atomic E-state index is 10.8. The lowest BCUT2D eigenvalue weighted by atomic mass is 10.0. The topological polar surface area (TPSA) is 81.6 Å². The third-order valence-electron chi connectivity index (χ3n) is 2.49. The maximum absolute atomic E-state index is 10.8. The number of aliphatic hydroxyl groups is 1. The second-order valence-electron chi connectivity index (χ2n) is 3.32. The van der Waals surface area contributed by atoms with Crippen LogP contribution in [0.25, 0.3) is 0 Å². The third-order valence-corrected chi connectivity index (χ3v) is 2.49. The smallest absolute Gasteiger partial charge is 0.325 e. The van der Waals surface area contributed by atoms with Crippen molar-refractivity contribution < 1.29 is 15.0 Å². The first-order valence-corrected chi connectivity index (χ1v) is 4.94. The first-order chi connectivity index (χ1) is 7.72. The van der Waals surface area contributed by atoms with Gasteiger partial charge in [0.2, 0.25) is 0 Å². The van der Waals surface area contributed by atoms with Crippen LogP contribution >= 0.6 is 0 Å². The SMILES string of the molecule is CNc1ccc2c(c1)CNC2C(=O)O.CO. The predicted molar refractivity (Wildman–Crippen MR) is 61.3 cm³/mol. The molecule has 1 heterocycles. The minimum absolute atomic E-state index is 0.545. The van der Waals surface area contributed by atoms with Crippen LogP contribution in [-0.4, -0.2) is 30.3 Å². The number of hydrogen-bond acceptors (Lipinski definition) is 4. The normalized spacial score (nSPS) is 17.1. The lowest BCUT2D eigenvalue weighted by Gasteiger charge is -2.06. The van der Waals surface area contributed by atoms with Gasteiger partial charge in [-0.05, 0) is 23.3 Å². The monoisotopic (exact) mass is 224 g/mol. The van der Waals surface area contributed by atoms with Crippen LogP contribution < -0.4 is 10.6 Å². The summed E-state index contributed by atoms with van der Waals surface area (Å²) in [5.74, 6) is -0.819. The molecule has 1 aromatic rings. The number of aliphatic carboxylic acids is 1. The van der Waals surface area contributed by atoms with Crippen molar-refractivity contribution in [2.45, 2.75) is 12.6 Å². The molecule has 5 nitrogen and oxygen atoms in total. The van der Waals surface area contributed by atoms with E-state index in [2.05, 4.69) is 10.6 Å². The van der Waals surface area contributed by atoms with Crippen LogP contribution in [0.2, 0.25) is 0 Å². The summed E-state index contributed by atoms with van der Waals surface area (Å²) in [6.45, 7) is 0.627. The molecule has 0 fully saturated rings. The Morgan fingerprint density at radius 2 is 2.19 bits per heavy atom. The van der Waals surface area contributed by atoms with Crippen molar-refractivity contribution in [2.24, 2.45) is 0 Å². The van der Waals surface area contributed by atoms with Gasteiger partial charge in [-0.25, -0.2) is 0 Å². The number of hydrogen-bond donors (Lipinski definition) is 4. The molecule has 0 saturated carbocycles. The van der Waals surface area contributed by atoms with E-state index >= 15 is 0 Å². The summed E-state index contributed by atoms with van der Waals surface area (Å²) in [6, 6.07) is 5.18. The summed E-state index contributed by atoms with van der Waals surface area (Å²) in [5.41, 5.74) is 2.94. The molecule has 5 heteroatoms. The van der Waals surface area contributed by atoms with Gasteiger partial charge in [0, 0.05) is 26.4 Å². The molecule has 1 aromatic carbocycles. The minimum atomic E-state index is -0.819. The van der Waals surface area contributed by atoms with E-state index < -0.39 is 12.0 Å². The van der Waals surface area contributed by atoms with Gasteiger partial charge in [0.25, 0.3) is 0 Å². The number of nitrogens with one attached hydrogen (secondary N) is 2. The molecule has 1 unspecified atom stereocenters. The molecular weight excluding hydrogens is 208 g/mol. The number of benzene rings is 1. The lowest BCUT2D eigenvalue weighted by Crippen LogP contribution is -2.21. The van der Waals surface area contributed by atoms with Gasteiger partial charge in [0.15, 0.2) is 0 Å². The van der Waals surface area contributed by atoms with Crippen molar-refractivity contribution in [3.05, 3.63) is 29.3 Å². The molecule has 0 amide bonds. The van der Waals surface area contributed by atoms with Gasteiger partial charge in [0.05, 0.1) is 0 Å². The van der Waals surface area contributed by atoms with E-state index in [0.717, 1.165) is 23.9 Å². The van der Waals surface area contributed by atoms with Gasteiger partial charge in [0.1, 0.15) is 6.04 Å². The molecule has 16 heavy (non-hydrogen) atoms. The van der Waals surface area contributed by atoms with Crippen molar-refractivity contribution in [3.63, 3.8) is 0 Å². The molecule has 0 bridgehead atoms. The Kier molecular flexibility index (Phi) is 4.28. The molecule has 1 aliphatic rings. The first kappa shape index (κ1) is 12.5. The van der Waals surface area contributed by atoms with Gasteiger partial charge < -0.3 is 15.5 Å². The number of rotatable bonds is 2. The number of fused-ring (bicyclic) bond motifs is 1. The van der Waals surface area contributed by atoms with E-state index in [0.29, 0.717) is 6.54 Å². The van der Waals surface area contributed by atoms with E-state index in [1.54, 1.807) is 0 Å². The fourth-order valence-corrected chi connectivity index (χ4v) is 1.74. The highest BCUT2D eigenvalue weighted by Gasteiger charge is 2.27. The molecule has 2 rings (SSSR count). The molecule has 0 radical (unpaired) electrons. The molecule has 0 aromatic heterocycles. The second kappa shape index (κ2) is 5.48. The highest BCUT2D eigenvalue weighted by Crippen LogP contribution is 2.27. The fraction of sp³-hybridized carbons (Fsp3) is 0.364. The van der Waals surface area contributed by atoms with Crippen LogP contribution in [-0.2, 0) is 11.3 Å². The van der Waals surface area contributed by atoms with Crippen LogP contribution in [0.15, 0.2) is 18.2 Å². The molecule has 0 spiro atoms. The number of carboxylic acids is 1. The molecule has 4 N–H and O–H groups in total. The first-order valence-electron chi connectivity index (χ1n) is 4.94. The molecular formula is C11H16N2O3. The number of anilines is 1. The zero-order chi connectivity index (χ0) is 12.1. The Hall–Kier alpha value is -1.59. The van der Waals surface area contributed by atoms with Gasteiger partial charge in [-0.15, -0.1) is 0 Å². The summed E-state index contributed by atoms with van der Waals surface area (Å²) in [6.07, 6.45) is 0. The van der Waals surface area contributed by atoms with Crippen molar-refractivity contribution in [2.75, 3.05) is 19.5 Å². The van der Waals surface area contributed by atoms with Crippen LogP contribution in [0.5, 0.6) is 0 Å². The standard InChI is InChI=1S/C10H12N2O2.CH4O/c1-11-7-2-3-8-6(4-7)5-12-9(8)10(13)14;1-2/h2-4,9,11-12H,5H2,1H3,(H,13,14);2H,1H3. The van der Waals surface area contributed by atoms with Crippen LogP contribution in [0.3, 0.4) is 0 Å². The average Bonchev–Trinajstić information content (AvgIpc) is 2.74. The Morgan fingerprint density at radius 3 is 2.75 bits per heavy atom. The number of carbonyl (C=O) groups is 1. The summed E-state index contributed by atoms with van der Waals surface area (Å²) >= 11 is 0. The molecule has 1 aliphatic heterocycles. The predicted octanol–water partition coefficient (Wildman–Crippen LogP) is 0.566. The quantitative estimate of drug-likeness (QED) is 0.590. The van der Waals surface area contributed by atoms with Crippen molar-refractivity contribution in [3.8, 4) is 0 Å². The summed E-state index contributed by atoms with van der Waals surface area (Å²) in [5, 5.41) is 21.9. The van der Waals surface area contributed by atoms with Gasteiger partial charge in [-0.2, -0.15) is 0 Å². The van der Waals surface area contributed by atoms with Crippen LogP contribution in [0, 0.1) is 0 Å². The average molecular weight is 224 g/mol. The summed E-state index contributed by atoms with van der Waals surface area (Å²) in [7, 11) is 2.85. The number of aliphatic hydroxyl groups excluding tert-OH is 1. The molecule has 88 valence electrons. The Balaban J connectivity index is 0.000000606. The third kappa shape index (κ3) is 2.32. The van der Waals surface area contributed by atoms with Crippen molar-refractivity contribution in [1.82, 2.24) is 5.32 Å². The zero-order valence-electron chi connectivity index (χ0n) is 9.32. The maximum Gasteiger partial charge on any atom is 0.325 e. The van der Waals surface area contributed by atoms with E-state index in [4.69, 9.17) is 10.2 Å². The molecule has 0 saturated heterocycles. The summed E-state index contributed by atoms with van der Waals surface area (Å²) in [4.78, 5) is 10.8.